The summed E-state index contributed by atoms with van der Waals surface area (Å²) in [6, 6.07) is -0.746. The molecule has 7 atom stereocenters. The minimum Gasteiger partial charge on any atom is -0.394 e. The van der Waals surface area contributed by atoms with Crippen molar-refractivity contribution in [2.24, 2.45) is 0 Å². The number of ether oxygens (including phenoxy) is 2. The lowest BCUT2D eigenvalue weighted by Gasteiger charge is -2.40. The first kappa shape index (κ1) is 40.9. The van der Waals surface area contributed by atoms with Gasteiger partial charge < -0.3 is 40.3 Å². The highest BCUT2D eigenvalue weighted by atomic mass is 16.7. The molecule has 0 saturated carbocycles. The molecule has 0 radical (unpaired) electrons. The van der Waals surface area contributed by atoms with E-state index in [1.54, 1.807) is 0 Å². The molecule has 1 aliphatic heterocycles. The first-order valence-electron chi connectivity index (χ1n) is 17.0. The standard InChI is InChI=1S/C36H61NO8/c1-3-5-7-9-10-11-12-13-14-15-16-17-18-19-20-22-24-26-32(40)37-29(30(39)25-23-21-8-6-4-2)28-44-36-35(43)34(42)33(41)31(27-38)45-36/h5,7,10-11,13-14,16-17,19-20,29-31,33-36,38-39,41-43H,3-4,6,8-9,12,15,18,21-28H2,1-2H3,(H,37,40)/b7-5-,11-10-,14-13-,17-16-,20-19-. The maximum atomic E-state index is 12.7. The minimum absolute atomic E-state index is 0.167. The Bertz CT molecular complexity index is 884. The van der Waals surface area contributed by atoms with Crippen molar-refractivity contribution >= 4 is 5.91 Å². The molecule has 258 valence electrons. The van der Waals surface area contributed by atoms with Gasteiger partial charge in [0.05, 0.1) is 25.4 Å². The van der Waals surface area contributed by atoms with E-state index in [2.05, 4.69) is 79.9 Å². The summed E-state index contributed by atoms with van der Waals surface area (Å²) in [5.41, 5.74) is 0. The number of carbonyl (C=O) groups is 1. The summed E-state index contributed by atoms with van der Waals surface area (Å²) in [6.07, 6.45) is 25.6. The fraction of sp³-hybridized carbons (Fsp3) is 0.694. The van der Waals surface area contributed by atoms with E-state index >= 15 is 0 Å². The van der Waals surface area contributed by atoms with Gasteiger partial charge in [-0.2, -0.15) is 0 Å². The molecule has 0 aromatic rings. The predicted octanol–water partition coefficient (Wildman–Crippen LogP) is 4.93. The van der Waals surface area contributed by atoms with Gasteiger partial charge in [0.2, 0.25) is 5.91 Å². The third-order valence-corrected chi connectivity index (χ3v) is 7.64. The van der Waals surface area contributed by atoms with Crippen molar-refractivity contribution in [2.75, 3.05) is 13.2 Å². The van der Waals surface area contributed by atoms with E-state index in [0.29, 0.717) is 12.8 Å². The number of rotatable bonds is 25. The Morgan fingerprint density at radius 3 is 1.93 bits per heavy atom. The van der Waals surface area contributed by atoms with Crippen molar-refractivity contribution in [3.05, 3.63) is 60.8 Å². The molecular formula is C36H61NO8. The quantitative estimate of drug-likeness (QED) is 0.0611. The Kier molecular flexibility index (Phi) is 24.6. The van der Waals surface area contributed by atoms with E-state index in [4.69, 9.17) is 9.47 Å². The fourth-order valence-corrected chi connectivity index (χ4v) is 4.84. The molecule has 9 heteroatoms. The van der Waals surface area contributed by atoms with Crippen LogP contribution in [0, 0.1) is 0 Å². The summed E-state index contributed by atoms with van der Waals surface area (Å²) in [7, 11) is 0. The number of hydrogen-bond donors (Lipinski definition) is 6. The van der Waals surface area contributed by atoms with Crippen LogP contribution in [0.15, 0.2) is 60.8 Å². The van der Waals surface area contributed by atoms with E-state index < -0.39 is 49.5 Å². The number of hydrogen-bond acceptors (Lipinski definition) is 8. The third-order valence-electron chi connectivity index (χ3n) is 7.64. The number of allylic oxidation sites excluding steroid dienone is 10. The van der Waals surface area contributed by atoms with Crippen molar-refractivity contribution in [3.63, 3.8) is 0 Å². The van der Waals surface area contributed by atoms with Crippen LogP contribution in [0.4, 0.5) is 0 Å². The van der Waals surface area contributed by atoms with E-state index in [1.807, 2.05) is 0 Å². The summed E-state index contributed by atoms with van der Waals surface area (Å²) in [5.74, 6) is -0.213. The number of carbonyl (C=O) groups excluding carboxylic acids is 1. The molecule has 0 spiro atoms. The van der Waals surface area contributed by atoms with Gasteiger partial charge in [-0.3, -0.25) is 4.79 Å². The topological polar surface area (TPSA) is 149 Å². The van der Waals surface area contributed by atoms with Crippen molar-refractivity contribution in [1.29, 1.82) is 0 Å². The highest BCUT2D eigenvalue weighted by molar-refractivity contribution is 5.76. The van der Waals surface area contributed by atoms with Gasteiger partial charge in [0, 0.05) is 6.42 Å². The van der Waals surface area contributed by atoms with E-state index in [0.717, 1.165) is 70.6 Å². The molecule has 45 heavy (non-hydrogen) atoms. The van der Waals surface area contributed by atoms with Crippen LogP contribution in [-0.4, -0.2) is 87.5 Å². The van der Waals surface area contributed by atoms with Crippen molar-refractivity contribution in [1.82, 2.24) is 5.32 Å². The Labute approximate surface area is 271 Å². The van der Waals surface area contributed by atoms with Gasteiger partial charge in [0.15, 0.2) is 6.29 Å². The monoisotopic (exact) mass is 635 g/mol. The van der Waals surface area contributed by atoms with Gasteiger partial charge in [0.1, 0.15) is 24.4 Å². The summed E-state index contributed by atoms with van der Waals surface area (Å²) in [4.78, 5) is 12.7. The highest BCUT2D eigenvalue weighted by Crippen LogP contribution is 2.22. The number of nitrogens with one attached hydrogen (secondary N) is 1. The van der Waals surface area contributed by atoms with Crippen LogP contribution in [0.2, 0.25) is 0 Å². The average molecular weight is 636 g/mol. The van der Waals surface area contributed by atoms with E-state index in [1.165, 1.54) is 0 Å². The molecule has 0 aromatic carbocycles. The maximum absolute atomic E-state index is 12.7. The molecule has 1 heterocycles. The lowest BCUT2D eigenvalue weighted by atomic mass is 9.99. The number of aliphatic hydroxyl groups excluding tert-OH is 5. The zero-order valence-electron chi connectivity index (χ0n) is 27.6. The van der Waals surface area contributed by atoms with Gasteiger partial charge in [-0.15, -0.1) is 0 Å². The van der Waals surface area contributed by atoms with Gasteiger partial charge in [0.25, 0.3) is 0 Å². The van der Waals surface area contributed by atoms with Gasteiger partial charge in [-0.25, -0.2) is 0 Å². The Morgan fingerprint density at radius 1 is 0.778 bits per heavy atom. The smallest absolute Gasteiger partial charge is 0.220 e. The minimum atomic E-state index is -1.56. The summed E-state index contributed by atoms with van der Waals surface area (Å²) >= 11 is 0. The molecule has 1 aliphatic rings. The molecule has 0 aromatic heterocycles. The molecule has 1 amide bonds. The Morgan fingerprint density at radius 2 is 1.36 bits per heavy atom. The Balaban J connectivity index is 2.44. The van der Waals surface area contributed by atoms with Crippen molar-refractivity contribution < 1.29 is 39.8 Å². The molecule has 9 nitrogen and oxygen atoms in total. The lowest BCUT2D eigenvalue weighted by molar-refractivity contribution is -0.302. The normalized spacial score (nSPS) is 24.1. The summed E-state index contributed by atoms with van der Waals surface area (Å²) in [6.45, 7) is 3.54. The second kappa shape index (κ2) is 27.0. The van der Waals surface area contributed by atoms with Gasteiger partial charge in [-0.05, 0) is 51.4 Å². The second-order valence-electron chi connectivity index (χ2n) is 11.6. The molecule has 7 unspecified atom stereocenters. The molecular weight excluding hydrogens is 574 g/mol. The zero-order chi connectivity index (χ0) is 33.1. The van der Waals surface area contributed by atoms with Gasteiger partial charge in [-0.1, -0.05) is 107 Å². The number of aliphatic hydroxyl groups is 5. The molecule has 1 rings (SSSR count). The zero-order valence-corrected chi connectivity index (χ0v) is 27.6. The predicted molar refractivity (Wildman–Crippen MR) is 179 cm³/mol. The van der Waals surface area contributed by atoms with E-state index in [-0.39, 0.29) is 18.9 Å². The average Bonchev–Trinajstić information content (AvgIpc) is 3.03. The van der Waals surface area contributed by atoms with Crippen molar-refractivity contribution in [2.45, 2.75) is 147 Å². The van der Waals surface area contributed by atoms with Crippen LogP contribution in [0.5, 0.6) is 0 Å². The van der Waals surface area contributed by atoms with Crippen molar-refractivity contribution in [3.8, 4) is 0 Å². The second-order valence-corrected chi connectivity index (χ2v) is 11.6. The highest BCUT2D eigenvalue weighted by Gasteiger charge is 2.44. The van der Waals surface area contributed by atoms with E-state index in [9.17, 15) is 30.3 Å². The number of amides is 1. The molecule has 0 bridgehead atoms. The van der Waals surface area contributed by atoms with Crippen LogP contribution in [0.25, 0.3) is 0 Å². The number of unbranched alkanes of at least 4 members (excludes halogenated alkanes) is 5. The van der Waals surface area contributed by atoms with Crippen LogP contribution < -0.4 is 5.32 Å². The third kappa shape index (κ3) is 19.2. The first-order chi connectivity index (χ1) is 21.8. The molecule has 0 aliphatic carbocycles. The summed E-state index contributed by atoms with van der Waals surface area (Å²) in [5, 5.41) is 53.5. The molecule has 6 N–H and O–H groups in total. The molecule has 1 saturated heterocycles. The fourth-order valence-electron chi connectivity index (χ4n) is 4.84. The first-order valence-corrected chi connectivity index (χ1v) is 17.0. The van der Waals surface area contributed by atoms with Crippen LogP contribution in [0.1, 0.15) is 104 Å². The SMILES string of the molecule is CC/C=C\C/C=C\C/C=C\C/C=C\C/C=C\CCCC(=O)NC(COC1OC(CO)C(O)C(O)C1O)C(O)CCCCCCC. The van der Waals surface area contributed by atoms with Crippen LogP contribution in [0.3, 0.4) is 0 Å². The summed E-state index contributed by atoms with van der Waals surface area (Å²) < 4.78 is 11.1. The maximum Gasteiger partial charge on any atom is 0.220 e. The van der Waals surface area contributed by atoms with Crippen LogP contribution >= 0.6 is 0 Å². The molecule has 1 fully saturated rings. The Hall–Kier alpha value is -2.11. The lowest BCUT2D eigenvalue weighted by Crippen LogP contribution is -2.60. The van der Waals surface area contributed by atoms with Gasteiger partial charge >= 0.3 is 0 Å². The van der Waals surface area contributed by atoms with Crippen LogP contribution in [-0.2, 0) is 14.3 Å². The largest absolute Gasteiger partial charge is 0.394 e.